The second-order valence-corrected chi connectivity index (χ2v) is 4.13. The minimum absolute atomic E-state index is 0.290. The van der Waals surface area contributed by atoms with E-state index < -0.39 is 0 Å². The summed E-state index contributed by atoms with van der Waals surface area (Å²) in [5.41, 5.74) is 3.14. The second-order valence-electron chi connectivity index (χ2n) is 4.13. The van der Waals surface area contributed by atoms with Crippen LogP contribution in [-0.4, -0.2) is 15.0 Å². The maximum absolute atomic E-state index is 8.92. The fourth-order valence-electron chi connectivity index (χ4n) is 1.79. The standard InChI is InChI=1S/C13H14N4O/c1-9-5-4-6-10(2)13(9)18-8-12-11(7-14)15-16-17(12)3/h4-6H,8H2,1-3H3. The number of hydrogen-bond donors (Lipinski definition) is 0. The van der Waals surface area contributed by atoms with Gasteiger partial charge in [-0.3, -0.25) is 0 Å². The summed E-state index contributed by atoms with van der Waals surface area (Å²) in [6.07, 6.45) is 0. The minimum Gasteiger partial charge on any atom is -0.487 e. The van der Waals surface area contributed by atoms with E-state index in [4.69, 9.17) is 10.00 Å². The summed E-state index contributed by atoms with van der Waals surface area (Å²) in [6.45, 7) is 4.28. The molecule has 0 N–H and O–H groups in total. The number of hydrogen-bond acceptors (Lipinski definition) is 4. The van der Waals surface area contributed by atoms with Gasteiger partial charge in [0.1, 0.15) is 24.1 Å². The topological polar surface area (TPSA) is 63.7 Å². The average Bonchev–Trinajstić information content (AvgIpc) is 2.70. The molecular weight excluding hydrogens is 228 g/mol. The lowest BCUT2D eigenvalue weighted by molar-refractivity contribution is 0.290. The van der Waals surface area contributed by atoms with Crippen LogP contribution in [0.5, 0.6) is 5.75 Å². The summed E-state index contributed by atoms with van der Waals surface area (Å²) in [4.78, 5) is 0. The number of aromatic nitrogens is 3. The smallest absolute Gasteiger partial charge is 0.189 e. The van der Waals surface area contributed by atoms with Crippen LogP contribution in [0.2, 0.25) is 0 Å². The first-order valence-electron chi connectivity index (χ1n) is 5.61. The van der Waals surface area contributed by atoms with E-state index >= 15 is 0 Å². The highest BCUT2D eigenvalue weighted by Crippen LogP contribution is 2.23. The molecule has 0 radical (unpaired) electrons. The normalized spacial score (nSPS) is 10.1. The lowest BCUT2D eigenvalue weighted by Crippen LogP contribution is -2.06. The summed E-state index contributed by atoms with van der Waals surface area (Å²) in [7, 11) is 1.75. The summed E-state index contributed by atoms with van der Waals surface area (Å²) in [5, 5.41) is 16.5. The Balaban J connectivity index is 2.22. The van der Waals surface area contributed by atoms with Gasteiger partial charge in [0.05, 0.1) is 0 Å². The summed E-state index contributed by atoms with van der Waals surface area (Å²) in [5.74, 6) is 0.850. The zero-order valence-electron chi connectivity index (χ0n) is 10.6. The minimum atomic E-state index is 0.290. The van der Waals surface area contributed by atoms with Crippen molar-refractivity contribution >= 4 is 0 Å². The van der Waals surface area contributed by atoms with Crippen LogP contribution < -0.4 is 4.74 Å². The lowest BCUT2D eigenvalue weighted by Gasteiger charge is -2.11. The number of rotatable bonds is 3. The number of nitrogens with zero attached hydrogens (tertiary/aromatic N) is 4. The third-order valence-electron chi connectivity index (χ3n) is 2.81. The highest BCUT2D eigenvalue weighted by molar-refractivity contribution is 5.40. The molecule has 0 aliphatic carbocycles. The Morgan fingerprint density at radius 1 is 1.33 bits per heavy atom. The number of ether oxygens (including phenoxy) is 1. The molecule has 18 heavy (non-hydrogen) atoms. The Morgan fingerprint density at radius 2 is 2.00 bits per heavy atom. The molecular formula is C13H14N4O. The number of para-hydroxylation sites is 1. The van der Waals surface area contributed by atoms with Crippen molar-refractivity contribution in [2.24, 2.45) is 7.05 Å². The van der Waals surface area contributed by atoms with Crippen LogP contribution in [-0.2, 0) is 13.7 Å². The zero-order valence-corrected chi connectivity index (χ0v) is 10.6. The van der Waals surface area contributed by atoms with Gasteiger partial charge in [0.25, 0.3) is 0 Å². The first kappa shape index (κ1) is 12.1. The monoisotopic (exact) mass is 242 g/mol. The predicted octanol–water partition coefficient (Wildman–Crippen LogP) is 1.88. The van der Waals surface area contributed by atoms with Crippen LogP contribution >= 0.6 is 0 Å². The molecule has 1 aromatic heterocycles. The Hall–Kier alpha value is -2.35. The van der Waals surface area contributed by atoms with Crippen molar-refractivity contribution in [2.75, 3.05) is 0 Å². The molecule has 1 heterocycles. The van der Waals surface area contributed by atoms with Gasteiger partial charge in [-0.2, -0.15) is 5.26 Å². The van der Waals surface area contributed by atoms with Crippen molar-refractivity contribution in [3.05, 3.63) is 40.7 Å². The van der Waals surface area contributed by atoms with Crippen molar-refractivity contribution in [3.8, 4) is 11.8 Å². The van der Waals surface area contributed by atoms with Gasteiger partial charge in [-0.15, -0.1) is 5.10 Å². The molecule has 0 amide bonds. The summed E-state index contributed by atoms with van der Waals surface area (Å²) < 4.78 is 7.34. The van der Waals surface area contributed by atoms with Gasteiger partial charge in [-0.1, -0.05) is 23.4 Å². The Morgan fingerprint density at radius 3 is 2.61 bits per heavy atom. The van der Waals surface area contributed by atoms with Crippen LogP contribution in [0.15, 0.2) is 18.2 Å². The van der Waals surface area contributed by atoms with Crippen LogP contribution in [0.4, 0.5) is 0 Å². The van der Waals surface area contributed by atoms with Crippen molar-refractivity contribution in [1.29, 1.82) is 5.26 Å². The van der Waals surface area contributed by atoms with Gasteiger partial charge in [0.15, 0.2) is 5.69 Å². The van der Waals surface area contributed by atoms with Gasteiger partial charge in [0.2, 0.25) is 0 Å². The molecule has 5 nitrogen and oxygen atoms in total. The quantitative estimate of drug-likeness (QED) is 0.824. The van der Waals surface area contributed by atoms with Gasteiger partial charge in [-0.05, 0) is 25.0 Å². The van der Waals surface area contributed by atoms with Gasteiger partial charge in [0, 0.05) is 7.05 Å². The Kier molecular flexibility index (Phi) is 3.28. The molecule has 2 rings (SSSR count). The predicted molar refractivity (Wildman–Crippen MR) is 66.0 cm³/mol. The zero-order chi connectivity index (χ0) is 13.1. The summed E-state index contributed by atoms with van der Waals surface area (Å²) in [6, 6.07) is 7.99. The van der Waals surface area contributed by atoms with Crippen molar-refractivity contribution in [1.82, 2.24) is 15.0 Å². The SMILES string of the molecule is Cc1cccc(C)c1OCc1c(C#N)nnn1C. The van der Waals surface area contributed by atoms with E-state index in [1.54, 1.807) is 11.7 Å². The molecule has 0 fully saturated rings. The Labute approximate surface area is 106 Å². The van der Waals surface area contributed by atoms with E-state index in [0.717, 1.165) is 16.9 Å². The van der Waals surface area contributed by atoms with E-state index in [-0.39, 0.29) is 6.61 Å². The highest BCUT2D eigenvalue weighted by Gasteiger charge is 2.12. The lowest BCUT2D eigenvalue weighted by atomic mass is 10.1. The molecule has 0 saturated heterocycles. The van der Waals surface area contributed by atoms with Crippen LogP contribution in [0, 0.1) is 25.2 Å². The van der Waals surface area contributed by atoms with Crippen LogP contribution in [0.3, 0.4) is 0 Å². The molecule has 2 aromatic rings. The second kappa shape index (κ2) is 4.88. The van der Waals surface area contributed by atoms with Gasteiger partial charge in [-0.25, -0.2) is 4.68 Å². The molecule has 0 aliphatic heterocycles. The maximum atomic E-state index is 8.92. The van der Waals surface area contributed by atoms with E-state index in [0.29, 0.717) is 11.4 Å². The first-order chi connectivity index (χ1) is 8.63. The third kappa shape index (κ3) is 2.18. The fraction of sp³-hybridized carbons (Fsp3) is 0.308. The number of aryl methyl sites for hydroxylation is 3. The van der Waals surface area contributed by atoms with Crippen molar-refractivity contribution in [3.63, 3.8) is 0 Å². The van der Waals surface area contributed by atoms with E-state index in [2.05, 4.69) is 10.3 Å². The average molecular weight is 242 g/mol. The van der Waals surface area contributed by atoms with Crippen LogP contribution in [0.1, 0.15) is 22.5 Å². The molecule has 0 atom stereocenters. The molecule has 92 valence electrons. The molecule has 1 aromatic carbocycles. The van der Waals surface area contributed by atoms with E-state index in [1.807, 2.05) is 38.1 Å². The van der Waals surface area contributed by atoms with E-state index in [1.165, 1.54) is 0 Å². The van der Waals surface area contributed by atoms with E-state index in [9.17, 15) is 0 Å². The molecule has 0 bridgehead atoms. The van der Waals surface area contributed by atoms with Crippen molar-refractivity contribution in [2.45, 2.75) is 20.5 Å². The molecule has 0 unspecified atom stereocenters. The molecule has 0 spiro atoms. The third-order valence-corrected chi connectivity index (χ3v) is 2.81. The molecule has 5 heteroatoms. The molecule has 0 aliphatic rings. The number of benzene rings is 1. The maximum Gasteiger partial charge on any atom is 0.189 e. The highest BCUT2D eigenvalue weighted by atomic mass is 16.5. The number of nitriles is 1. The van der Waals surface area contributed by atoms with Gasteiger partial charge < -0.3 is 4.74 Å². The Bertz CT molecular complexity index is 588. The summed E-state index contributed by atoms with van der Waals surface area (Å²) >= 11 is 0. The fourth-order valence-corrected chi connectivity index (χ4v) is 1.79. The first-order valence-corrected chi connectivity index (χ1v) is 5.61. The molecule has 0 saturated carbocycles. The van der Waals surface area contributed by atoms with Crippen LogP contribution in [0.25, 0.3) is 0 Å². The van der Waals surface area contributed by atoms with Gasteiger partial charge >= 0.3 is 0 Å². The largest absolute Gasteiger partial charge is 0.487 e. The van der Waals surface area contributed by atoms with Crippen molar-refractivity contribution < 1.29 is 4.74 Å².